The number of anilines is 1. The fourth-order valence-corrected chi connectivity index (χ4v) is 6.90. The quantitative estimate of drug-likeness (QED) is 0.643. The molecule has 0 saturated carbocycles. The van der Waals surface area contributed by atoms with Crippen LogP contribution in [0.25, 0.3) is 0 Å². The molecule has 0 spiro atoms. The molecule has 0 saturated heterocycles. The Morgan fingerprint density at radius 1 is 0.774 bits per heavy atom. The zero-order chi connectivity index (χ0) is 22.7. The second kappa shape index (κ2) is 8.97. The van der Waals surface area contributed by atoms with E-state index in [1.165, 1.54) is 48.5 Å². The standard InChI is InChI=1S/C19H23N3O6S3/c1-29(23,24)17-10-4-5-11-18(17)31(27,28)21-15-8-7-9-16(14-15)30(25,26)22-19-12-3-2-6-13-20-19/h4-5,7-11,14,21H,2-3,6,12-13H2,1H3,(H,20,22). The van der Waals surface area contributed by atoms with Gasteiger partial charge in [0.15, 0.2) is 9.84 Å². The van der Waals surface area contributed by atoms with Gasteiger partial charge in [0.1, 0.15) is 10.7 Å². The van der Waals surface area contributed by atoms with Crippen molar-refractivity contribution in [3.63, 3.8) is 0 Å². The molecule has 0 unspecified atom stereocenters. The average molecular weight is 486 g/mol. The third kappa shape index (κ3) is 5.83. The van der Waals surface area contributed by atoms with Crippen molar-refractivity contribution in [2.24, 2.45) is 4.99 Å². The average Bonchev–Trinajstić information content (AvgIpc) is 2.95. The molecule has 31 heavy (non-hydrogen) atoms. The summed E-state index contributed by atoms with van der Waals surface area (Å²) in [4.78, 5) is 3.34. The van der Waals surface area contributed by atoms with Crippen molar-refractivity contribution in [1.29, 1.82) is 0 Å². The zero-order valence-electron chi connectivity index (χ0n) is 16.8. The van der Waals surface area contributed by atoms with Crippen molar-refractivity contribution >= 4 is 41.4 Å². The summed E-state index contributed by atoms with van der Waals surface area (Å²) in [5.74, 6) is 0.380. The molecule has 168 valence electrons. The Morgan fingerprint density at radius 3 is 2.19 bits per heavy atom. The second-order valence-electron chi connectivity index (χ2n) is 7.10. The minimum absolute atomic E-state index is 0.0195. The Balaban J connectivity index is 1.90. The monoisotopic (exact) mass is 485 g/mol. The van der Waals surface area contributed by atoms with Crippen LogP contribution in [0.5, 0.6) is 0 Å². The molecule has 0 bridgehead atoms. The first-order valence-corrected chi connectivity index (χ1v) is 14.3. The van der Waals surface area contributed by atoms with Crippen molar-refractivity contribution < 1.29 is 25.3 Å². The molecule has 0 radical (unpaired) electrons. The summed E-state index contributed by atoms with van der Waals surface area (Å²) in [5.41, 5.74) is -0.0195. The Labute approximate surface area is 182 Å². The van der Waals surface area contributed by atoms with Gasteiger partial charge >= 0.3 is 0 Å². The van der Waals surface area contributed by atoms with Crippen molar-refractivity contribution in [1.82, 2.24) is 4.72 Å². The Morgan fingerprint density at radius 2 is 1.48 bits per heavy atom. The topological polar surface area (TPSA) is 139 Å². The van der Waals surface area contributed by atoms with Gasteiger partial charge in [-0.05, 0) is 43.2 Å². The van der Waals surface area contributed by atoms with Crippen LogP contribution in [-0.4, -0.2) is 43.9 Å². The predicted octanol–water partition coefficient (Wildman–Crippen LogP) is 2.14. The number of hydrogen-bond donors (Lipinski definition) is 2. The molecule has 0 aliphatic carbocycles. The molecule has 0 atom stereocenters. The highest BCUT2D eigenvalue weighted by atomic mass is 32.2. The van der Waals surface area contributed by atoms with Gasteiger partial charge in [0.2, 0.25) is 0 Å². The van der Waals surface area contributed by atoms with Crippen LogP contribution in [0.4, 0.5) is 5.69 Å². The smallest absolute Gasteiger partial charge is 0.263 e. The van der Waals surface area contributed by atoms with E-state index in [1.807, 2.05) is 0 Å². The highest BCUT2D eigenvalue weighted by Gasteiger charge is 2.24. The molecule has 0 fully saturated rings. The summed E-state index contributed by atoms with van der Waals surface area (Å²) in [7, 11) is -12.0. The van der Waals surface area contributed by atoms with E-state index < -0.39 is 34.8 Å². The SMILES string of the molecule is CS(=O)(=O)c1ccccc1S(=O)(=O)Nc1cccc(S(=O)(=O)NC2=NCCCCC2)c1. The van der Waals surface area contributed by atoms with Crippen molar-refractivity contribution in [3.05, 3.63) is 48.5 Å². The van der Waals surface area contributed by atoms with Crippen LogP contribution in [0.2, 0.25) is 0 Å². The highest BCUT2D eigenvalue weighted by Crippen LogP contribution is 2.24. The highest BCUT2D eigenvalue weighted by molar-refractivity contribution is 7.95. The van der Waals surface area contributed by atoms with Gasteiger partial charge in [-0.2, -0.15) is 0 Å². The minimum atomic E-state index is -4.29. The fraction of sp³-hybridized carbons (Fsp3) is 0.316. The van der Waals surface area contributed by atoms with Gasteiger partial charge in [-0.1, -0.05) is 24.6 Å². The summed E-state index contributed by atoms with van der Waals surface area (Å²) in [6.45, 7) is 0.553. The first-order valence-electron chi connectivity index (χ1n) is 9.47. The van der Waals surface area contributed by atoms with Gasteiger partial charge in [-0.25, -0.2) is 25.3 Å². The summed E-state index contributed by atoms with van der Waals surface area (Å²) in [6.07, 6.45) is 4.14. The third-order valence-corrected chi connectivity index (χ3v) is 8.66. The zero-order valence-corrected chi connectivity index (χ0v) is 19.2. The van der Waals surface area contributed by atoms with E-state index >= 15 is 0 Å². The molecular formula is C19H23N3O6S3. The lowest BCUT2D eigenvalue weighted by Crippen LogP contribution is -2.30. The normalized spacial score (nSPS) is 15.6. The lowest BCUT2D eigenvalue weighted by atomic mass is 10.2. The summed E-state index contributed by atoms with van der Waals surface area (Å²) < 4.78 is 79.8. The van der Waals surface area contributed by atoms with Crippen molar-refractivity contribution in [2.75, 3.05) is 17.5 Å². The molecular weight excluding hydrogens is 462 g/mol. The van der Waals surface area contributed by atoms with Crippen molar-refractivity contribution in [2.45, 2.75) is 40.4 Å². The van der Waals surface area contributed by atoms with Crippen LogP contribution in [0.1, 0.15) is 25.7 Å². The molecule has 9 nitrogen and oxygen atoms in total. The number of benzene rings is 2. The number of sulfone groups is 1. The van der Waals surface area contributed by atoms with E-state index in [4.69, 9.17) is 0 Å². The number of nitrogens with one attached hydrogen (secondary N) is 2. The summed E-state index contributed by atoms with van der Waals surface area (Å²) in [6, 6.07) is 10.5. The molecule has 2 aromatic rings. The lowest BCUT2D eigenvalue weighted by molar-refractivity contribution is 0.588. The van der Waals surface area contributed by atoms with Crippen molar-refractivity contribution in [3.8, 4) is 0 Å². The molecule has 2 aromatic carbocycles. The number of nitrogens with zero attached hydrogens (tertiary/aromatic N) is 1. The van der Waals surface area contributed by atoms with E-state index in [2.05, 4.69) is 14.4 Å². The molecule has 1 aliphatic heterocycles. The molecule has 2 N–H and O–H groups in total. The van der Waals surface area contributed by atoms with E-state index in [0.717, 1.165) is 25.5 Å². The van der Waals surface area contributed by atoms with E-state index in [9.17, 15) is 25.3 Å². The molecule has 3 rings (SSSR count). The van der Waals surface area contributed by atoms with E-state index in [-0.39, 0.29) is 15.5 Å². The lowest BCUT2D eigenvalue weighted by Gasteiger charge is -2.13. The van der Waals surface area contributed by atoms with E-state index in [1.54, 1.807) is 0 Å². The predicted molar refractivity (Wildman–Crippen MR) is 118 cm³/mol. The van der Waals surface area contributed by atoms with Gasteiger partial charge in [0.05, 0.1) is 15.5 Å². The van der Waals surface area contributed by atoms with Gasteiger partial charge in [-0.15, -0.1) is 0 Å². The third-order valence-electron chi connectivity index (χ3n) is 4.56. The summed E-state index contributed by atoms with van der Waals surface area (Å²) >= 11 is 0. The Kier molecular flexibility index (Phi) is 6.72. The molecule has 1 heterocycles. The first kappa shape index (κ1) is 23.2. The molecule has 0 aromatic heterocycles. The number of sulfonamides is 2. The maximum Gasteiger partial charge on any atom is 0.263 e. The summed E-state index contributed by atoms with van der Waals surface area (Å²) in [5, 5.41) is 0. The number of hydrogen-bond acceptors (Lipinski definition) is 7. The molecule has 0 amide bonds. The van der Waals surface area contributed by atoms with Gasteiger partial charge < -0.3 is 0 Å². The minimum Gasteiger partial charge on any atom is -0.280 e. The number of rotatable bonds is 6. The van der Waals surface area contributed by atoms with Gasteiger partial charge in [-0.3, -0.25) is 14.4 Å². The van der Waals surface area contributed by atoms with Crippen LogP contribution in [0, 0.1) is 0 Å². The number of amidine groups is 1. The van der Waals surface area contributed by atoms with Crippen LogP contribution in [0.15, 0.2) is 68.2 Å². The maximum atomic E-state index is 12.8. The van der Waals surface area contributed by atoms with E-state index in [0.29, 0.717) is 18.8 Å². The first-order chi connectivity index (χ1) is 14.5. The van der Waals surface area contributed by atoms with Gasteiger partial charge in [0, 0.05) is 19.2 Å². The van der Waals surface area contributed by atoms with Gasteiger partial charge in [0.25, 0.3) is 20.0 Å². The van der Waals surface area contributed by atoms with Crippen LogP contribution in [0.3, 0.4) is 0 Å². The molecule has 1 aliphatic rings. The van der Waals surface area contributed by atoms with Crippen LogP contribution < -0.4 is 9.44 Å². The fourth-order valence-electron chi connectivity index (χ4n) is 3.09. The largest absolute Gasteiger partial charge is 0.280 e. The Hall–Kier alpha value is -2.44. The molecule has 12 heteroatoms. The number of aliphatic imine (C=N–C) groups is 1. The van der Waals surface area contributed by atoms with Crippen LogP contribution >= 0.6 is 0 Å². The second-order valence-corrected chi connectivity index (χ2v) is 12.4. The maximum absolute atomic E-state index is 12.8. The Bertz CT molecular complexity index is 1320. The van der Waals surface area contributed by atoms with Crippen LogP contribution in [-0.2, 0) is 29.9 Å².